The molecule has 1 heterocycles. The summed E-state index contributed by atoms with van der Waals surface area (Å²) in [6.07, 6.45) is 20.3. The molecule has 41 heavy (non-hydrogen) atoms. The topological polar surface area (TPSA) is 53.5 Å². The molecule has 0 aliphatic heterocycles. The predicted octanol–water partition coefficient (Wildman–Crippen LogP) is 10.2. The minimum atomic E-state index is 0.372. The minimum absolute atomic E-state index is 0.372. The van der Waals surface area contributed by atoms with Crippen LogP contribution in [0.25, 0.3) is 11.1 Å². The van der Waals surface area contributed by atoms with Gasteiger partial charge in [-0.2, -0.15) is 0 Å². The summed E-state index contributed by atoms with van der Waals surface area (Å²) in [5, 5.41) is 0. The summed E-state index contributed by atoms with van der Waals surface area (Å²) in [5.41, 5.74) is 3.06. The molecule has 1 aromatic heterocycles. The molecule has 0 fully saturated rings. The van der Waals surface area contributed by atoms with Crippen LogP contribution >= 0.6 is 0 Å². The molecular formula is C36H52N2O3. The molecule has 0 unspecified atom stereocenters. The van der Waals surface area contributed by atoms with Crippen LogP contribution < -0.4 is 14.2 Å². The van der Waals surface area contributed by atoms with E-state index >= 15 is 0 Å². The number of rotatable bonds is 22. The number of nitrogens with zero attached hydrogens (tertiary/aromatic N) is 2. The molecule has 224 valence electrons. The van der Waals surface area contributed by atoms with Gasteiger partial charge in [-0.1, -0.05) is 116 Å². The van der Waals surface area contributed by atoms with E-state index < -0.39 is 0 Å². The molecule has 5 nitrogen and oxygen atoms in total. The molecule has 0 amide bonds. The van der Waals surface area contributed by atoms with Crippen molar-refractivity contribution in [3.05, 3.63) is 66.5 Å². The Bertz CT molecular complexity index is 1050. The normalized spacial score (nSPS) is 11.8. The Morgan fingerprint density at radius 3 is 1.71 bits per heavy atom. The summed E-state index contributed by atoms with van der Waals surface area (Å²) in [7, 11) is 0. The Kier molecular flexibility index (Phi) is 15.7. The van der Waals surface area contributed by atoms with Crippen molar-refractivity contribution in [1.29, 1.82) is 0 Å². The molecule has 0 saturated carbocycles. The molecule has 0 saturated heterocycles. The molecule has 0 N–H and O–H groups in total. The lowest BCUT2D eigenvalue weighted by Crippen LogP contribution is -2.00. The first-order valence-corrected chi connectivity index (χ1v) is 16.1. The average molecular weight is 561 g/mol. The minimum Gasteiger partial charge on any atom is -0.494 e. The maximum absolute atomic E-state index is 5.92. The largest absolute Gasteiger partial charge is 0.494 e. The van der Waals surface area contributed by atoms with Crippen LogP contribution in [0.2, 0.25) is 0 Å². The maximum Gasteiger partial charge on any atom is 0.316 e. The highest BCUT2D eigenvalue weighted by Crippen LogP contribution is 2.23. The van der Waals surface area contributed by atoms with Crippen molar-refractivity contribution in [3.63, 3.8) is 0 Å². The maximum atomic E-state index is 5.92. The van der Waals surface area contributed by atoms with Crippen molar-refractivity contribution in [2.75, 3.05) is 13.2 Å². The molecule has 0 aliphatic carbocycles. The van der Waals surface area contributed by atoms with Gasteiger partial charge in [0.2, 0.25) is 0 Å². The van der Waals surface area contributed by atoms with Crippen LogP contribution in [0.3, 0.4) is 0 Å². The van der Waals surface area contributed by atoms with E-state index in [-0.39, 0.29) is 0 Å². The quantitative estimate of drug-likeness (QED) is 0.114. The second kappa shape index (κ2) is 19.9. The smallest absolute Gasteiger partial charge is 0.316 e. The van der Waals surface area contributed by atoms with Crippen LogP contribution in [0.4, 0.5) is 0 Å². The average Bonchev–Trinajstić information content (AvgIpc) is 3.02. The van der Waals surface area contributed by atoms with Crippen molar-refractivity contribution in [1.82, 2.24) is 9.97 Å². The summed E-state index contributed by atoms with van der Waals surface area (Å²) < 4.78 is 17.6. The van der Waals surface area contributed by atoms with Crippen LogP contribution in [-0.4, -0.2) is 23.2 Å². The van der Waals surface area contributed by atoms with Gasteiger partial charge in [0.15, 0.2) is 0 Å². The van der Waals surface area contributed by atoms with Crippen LogP contribution in [0.1, 0.15) is 110 Å². The highest BCUT2D eigenvalue weighted by Gasteiger charge is 2.05. The van der Waals surface area contributed by atoms with E-state index in [1.807, 2.05) is 36.4 Å². The molecule has 3 aromatic rings. The number of ether oxygens (including phenoxy) is 3. The van der Waals surface area contributed by atoms with Gasteiger partial charge in [-0.3, -0.25) is 0 Å². The first-order chi connectivity index (χ1) is 20.2. The van der Waals surface area contributed by atoms with Crippen molar-refractivity contribution in [3.8, 4) is 28.6 Å². The summed E-state index contributed by atoms with van der Waals surface area (Å²) in [4.78, 5) is 8.81. The molecule has 2 aromatic carbocycles. The zero-order valence-electron chi connectivity index (χ0n) is 25.8. The monoisotopic (exact) mass is 560 g/mol. The molecule has 5 heteroatoms. The number of benzene rings is 2. The first-order valence-electron chi connectivity index (χ1n) is 16.1. The van der Waals surface area contributed by atoms with Crippen LogP contribution in [0, 0.1) is 5.92 Å². The van der Waals surface area contributed by atoms with Crippen LogP contribution in [0.5, 0.6) is 17.5 Å². The van der Waals surface area contributed by atoms with Crippen molar-refractivity contribution in [2.24, 2.45) is 5.92 Å². The van der Waals surface area contributed by atoms with Gasteiger partial charge in [0.25, 0.3) is 0 Å². The Morgan fingerprint density at radius 1 is 0.585 bits per heavy atom. The van der Waals surface area contributed by atoms with Gasteiger partial charge in [-0.05, 0) is 54.2 Å². The third kappa shape index (κ3) is 13.4. The highest BCUT2D eigenvalue weighted by molar-refractivity contribution is 5.62. The van der Waals surface area contributed by atoms with Crippen molar-refractivity contribution < 1.29 is 14.2 Å². The van der Waals surface area contributed by atoms with Gasteiger partial charge in [-0.15, -0.1) is 0 Å². The molecule has 0 aliphatic rings. The summed E-state index contributed by atoms with van der Waals surface area (Å²) in [6.45, 7) is 8.82. The summed E-state index contributed by atoms with van der Waals surface area (Å²) in [6, 6.07) is 16.6. The number of hydrogen-bond donors (Lipinski definition) is 0. The molecule has 0 bridgehead atoms. The Morgan fingerprint density at radius 2 is 1.12 bits per heavy atom. The number of aromatic nitrogens is 2. The van der Waals surface area contributed by atoms with E-state index in [1.54, 1.807) is 12.4 Å². The lowest BCUT2D eigenvalue weighted by Gasteiger charge is -2.09. The van der Waals surface area contributed by atoms with Gasteiger partial charge in [0, 0.05) is 18.0 Å². The Balaban J connectivity index is 1.30. The van der Waals surface area contributed by atoms with E-state index in [0.29, 0.717) is 12.6 Å². The van der Waals surface area contributed by atoms with Gasteiger partial charge in [0.05, 0.1) is 13.2 Å². The molecule has 0 radical (unpaired) electrons. The van der Waals surface area contributed by atoms with E-state index in [4.69, 9.17) is 14.2 Å². The van der Waals surface area contributed by atoms with Crippen molar-refractivity contribution in [2.45, 2.75) is 111 Å². The fourth-order valence-corrected chi connectivity index (χ4v) is 4.70. The van der Waals surface area contributed by atoms with Gasteiger partial charge in [0.1, 0.15) is 18.1 Å². The zero-order chi connectivity index (χ0) is 29.0. The molecule has 1 atom stereocenters. The zero-order valence-corrected chi connectivity index (χ0v) is 25.8. The highest BCUT2D eigenvalue weighted by atomic mass is 16.5. The number of hydrogen-bond acceptors (Lipinski definition) is 5. The van der Waals surface area contributed by atoms with E-state index in [9.17, 15) is 0 Å². The van der Waals surface area contributed by atoms with Gasteiger partial charge < -0.3 is 14.2 Å². The fraction of sp³-hybridized carbons (Fsp3) is 0.556. The predicted molar refractivity (Wildman–Crippen MR) is 170 cm³/mol. The second-order valence-electron chi connectivity index (χ2n) is 11.2. The third-order valence-corrected chi connectivity index (χ3v) is 7.68. The first kappa shape index (κ1) is 32.4. The van der Waals surface area contributed by atoms with E-state index in [2.05, 4.69) is 42.9 Å². The van der Waals surface area contributed by atoms with E-state index in [0.717, 1.165) is 60.2 Å². The molecule has 3 rings (SSSR count). The number of unbranched alkanes of at least 4 members (excludes halogenated alkanes) is 9. The molecular weight excluding hydrogens is 508 g/mol. The van der Waals surface area contributed by atoms with Crippen molar-refractivity contribution >= 4 is 0 Å². The fourth-order valence-electron chi connectivity index (χ4n) is 4.70. The van der Waals surface area contributed by atoms with E-state index in [1.165, 1.54) is 70.6 Å². The lowest BCUT2D eigenvalue weighted by molar-refractivity contribution is 0.280. The lowest BCUT2D eigenvalue weighted by atomic mass is 10.0. The third-order valence-electron chi connectivity index (χ3n) is 7.68. The molecule has 0 spiro atoms. The standard InChI is InChI=1S/C36H52N2O3/c1-4-6-7-8-9-10-11-14-25-39-34-21-17-31(18-22-34)29-41-36-37-27-33(28-38-36)32-19-23-35(24-20-32)40-26-15-12-13-16-30(3)5-2/h17-24,27-28,30H,4-16,25-26,29H2,1-3H3/t30-/m0/s1. The van der Waals surface area contributed by atoms with Crippen LogP contribution in [-0.2, 0) is 6.61 Å². The second-order valence-corrected chi connectivity index (χ2v) is 11.2. The summed E-state index contributed by atoms with van der Waals surface area (Å²) in [5.74, 6) is 2.65. The van der Waals surface area contributed by atoms with Gasteiger partial charge >= 0.3 is 6.01 Å². The SMILES string of the molecule is CCCCCCCCCCOc1ccc(COc2ncc(-c3ccc(OCCCCC[C@@H](C)CC)cc3)cn2)cc1. The summed E-state index contributed by atoms with van der Waals surface area (Å²) >= 11 is 0. The Labute approximate surface area is 249 Å². The van der Waals surface area contributed by atoms with Crippen LogP contribution in [0.15, 0.2) is 60.9 Å². The van der Waals surface area contributed by atoms with Gasteiger partial charge in [-0.25, -0.2) is 9.97 Å². The Hall–Kier alpha value is -3.08.